The van der Waals surface area contributed by atoms with Gasteiger partial charge in [-0.05, 0) is 13.0 Å². The Morgan fingerprint density at radius 2 is 2.48 bits per heavy atom. The molecule has 7 heteroatoms. The standard InChI is InChI=1S/C14H18N4O3/c1-10-8-15-5-6-18(10)13(19)3-2-12-16-14(17-21-12)11-4-7-20-9-11/h4,7,9-10,15H,2-3,5-6,8H2,1H3. The summed E-state index contributed by atoms with van der Waals surface area (Å²) in [4.78, 5) is 18.4. The molecule has 0 saturated carbocycles. The van der Waals surface area contributed by atoms with Gasteiger partial charge in [-0.2, -0.15) is 4.98 Å². The second-order valence-electron chi connectivity index (χ2n) is 5.16. The van der Waals surface area contributed by atoms with E-state index in [1.807, 2.05) is 11.8 Å². The zero-order chi connectivity index (χ0) is 14.7. The van der Waals surface area contributed by atoms with Gasteiger partial charge in [-0.1, -0.05) is 5.16 Å². The first kappa shape index (κ1) is 13.8. The zero-order valence-corrected chi connectivity index (χ0v) is 11.9. The van der Waals surface area contributed by atoms with Crippen LogP contribution in [0.15, 0.2) is 27.5 Å². The van der Waals surface area contributed by atoms with Crippen molar-refractivity contribution in [2.45, 2.75) is 25.8 Å². The van der Waals surface area contributed by atoms with Crippen molar-refractivity contribution in [2.24, 2.45) is 0 Å². The van der Waals surface area contributed by atoms with Gasteiger partial charge in [-0.25, -0.2) is 0 Å². The van der Waals surface area contributed by atoms with E-state index in [2.05, 4.69) is 15.5 Å². The van der Waals surface area contributed by atoms with E-state index in [-0.39, 0.29) is 11.9 Å². The lowest BCUT2D eigenvalue weighted by atomic mass is 10.2. The summed E-state index contributed by atoms with van der Waals surface area (Å²) in [5.74, 6) is 1.09. The fourth-order valence-electron chi connectivity index (χ4n) is 2.43. The first-order valence-corrected chi connectivity index (χ1v) is 7.09. The molecule has 1 atom stereocenters. The Labute approximate surface area is 122 Å². The minimum Gasteiger partial charge on any atom is -0.472 e. The van der Waals surface area contributed by atoms with Crippen LogP contribution in [0.4, 0.5) is 0 Å². The van der Waals surface area contributed by atoms with E-state index in [1.54, 1.807) is 18.6 Å². The molecule has 1 N–H and O–H groups in total. The lowest BCUT2D eigenvalue weighted by Crippen LogP contribution is -2.52. The number of rotatable bonds is 4. The largest absolute Gasteiger partial charge is 0.472 e. The second-order valence-corrected chi connectivity index (χ2v) is 5.16. The van der Waals surface area contributed by atoms with Gasteiger partial charge in [0, 0.05) is 38.5 Å². The van der Waals surface area contributed by atoms with Crippen LogP contribution in [0.25, 0.3) is 11.4 Å². The third kappa shape index (κ3) is 3.13. The number of aryl methyl sites for hydroxylation is 1. The normalized spacial score (nSPS) is 18.9. The molecule has 1 fully saturated rings. The summed E-state index contributed by atoms with van der Waals surface area (Å²) in [6.45, 7) is 4.50. The lowest BCUT2D eigenvalue weighted by Gasteiger charge is -2.34. The van der Waals surface area contributed by atoms with Crippen LogP contribution in [0.2, 0.25) is 0 Å². The maximum absolute atomic E-state index is 12.2. The van der Waals surface area contributed by atoms with E-state index in [0.29, 0.717) is 24.6 Å². The number of hydrogen-bond acceptors (Lipinski definition) is 6. The van der Waals surface area contributed by atoms with Crippen molar-refractivity contribution in [3.8, 4) is 11.4 Å². The zero-order valence-electron chi connectivity index (χ0n) is 11.9. The molecule has 0 bridgehead atoms. The maximum atomic E-state index is 12.2. The van der Waals surface area contributed by atoms with Gasteiger partial charge in [-0.15, -0.1) is 0 Å². The number of furan rings is 1. The lowest BCUT2D eigenvalue weighted by molar-refractivity contribution is -0.134. The van der Waals surface area contributed by atoms with Crippen molar-refractivity contribution in [1.29, 1.82) is 0 Å². The fraction of sp³-hybridized carbons (Fsp3) is 0.500. The van der Waals surface area contributed by atoms with Crippen molar-refractivity contribution in [3.05, 3.63) is 24.5 Å². The molecule has 1 aliphatic rings. The van der Waals surface area contributed by atoms with E-state index in [9.17, 15) is 4.79 Å². The molecule has 2 aromatic heterocycles. The highest BCUT2D eigenvalue weighted by Crippen LogP contribution is 2.16. The Kier molecular flexibility index (Phi) is 4.01. The van der Waals surface area contributed by atoms with Gasteiger partial charge >= 0.3 is 0 Å². The highest BCUT2D eigenvalue weighted by atomic mass is 16.5. The minimum absolute atomic E-state index is 0.132. The van der Waals surface area contributed by atoms with Gasteiger partial charge in [0.25, 0.3) is 0 Å². The van der Waals surface area contributed by atoms with Crippen LogP contribution in [0.1, 0.15) is 19.2 Å². The molecule has 3 rings (SSSR count). The third-order valence-electron chi connectivity index (χ3n) is 3.62. The first-order valence-electron chi connectivity index (χ1n) is 7.09. The molecule has 1 saturated heterocycles. The molecule has 0 radical (unpaired) electrons. The highest BCUT2D eigenvalue weighted by molar-refractivity contribution is 5.76. The van der Waals surface area contributed by atoms with Crippen LogP contribution in [0.5, 0.6) is 0 Å². The Balaban J connectivity index is 1.56. The van der Waals surface area contributed by atoms with E-state index in [0.717, 1.165) is 25.2 Å². The molecule has 1 aliphatic heterocycles. The van der Waals surface area contributed by atoms with E-state index in [4.69, 9.17) is 8.94 Å². The summed E-state index contributed by atoms with van der Waals surface area (Å²) in [6.07, 6.45) is 3.96. The summed E-state index contributed by atoms with van der Waals surface area (Å²) in [5, 5.41) is 7.15. The third-order valence-corrected chi connectivity index (χ3v) is 3.62. The Morgan fingerprint density at radius 1 is 1.57 bits per heavy atom. The molecule has 2 aromatic rings. The van der Waals surface area contributed by atoms with Gasteiger partial charge in [-0.3, -0.25) is 4.79 Å². The number of aromatic nitrogens is 2. The molecule has 3 heterocycles. The maximum Gasteiger partial charge on any atom is 0.227 e. The van der Waals surface area contributed by atoms with Crippen molar-refractivity contribution < 1.29 is 13.7 Å². The number of nitrogens with one attached hydrogen (secondary N) is 1. The molecule has 21 heavy (non-hydrogen) atoms. The van der Waals surface area contributed by atoms with Crippen LogP contribution in [0.3, 0.4) is 0 Å². The molecular weight excluding hydrogens is 272 g/mol. The number of nitrogens with zero attached hydrogens (tertiary/aromatic N) is 3. The summed E-state index contributed by atoms with van der Waals surface area (Å²) >= 11 is 0. The number of carbonyl (C=O) groups is 1. The minimum atomic E-state index is 0.132. The highest BCUT2D eigenvalue weighted by Gasteiger charge is 2.23. The molecule has 7 nitrogen and oxygen atoms in total. The molecular formula is C14H18N4O3. The van der Waals surface area contributed by atoms with E-state index in [1.165, 1.54) is 0 Å². The summed E-state index contributed by atoms with van der Waals surface area (Å²) in [5.41, 5.74) is 0.770. The molecule has 112 valence electrons. The van der Waals surface area contributed by atoms with Gasteiger partial charge in [0.2, 0.25) is 17.6 Å². The van der Waals surface area contributed by atoms with Gasteiger partial charge in [0.15, 0.2) is 0 Å². The molecule has 0 aliphatic carbocycles. The number of hydrogen-bond donors (Lipinski definition) is 1. The van der Waals surface area contributed by atoms with Crippen LogP contribution in [-0.2, 0) is 11.2 Å². The number of piperazine rings is 1. The quantitative estimate of drug-likeness (QED) is 0.907. The number of carbonyl (C=O) groups excluding carboxylic acids is 1. The smallest absolute Gasteiger partial charge is 0.227 e. The number of amides is 1. The van der Waals surface area contributed by atoms with Gasteiger partial charge < -0.3 is 19.2 Å². The SMILES string of the molecule is CC1CNCCN1C(=O)CCc1nc(-c2ccoc2)no1. The topological polar surface area (TPSA) is 84.4 Å². The van der Waals surface area contributed by atoms with E-state index >= 15 is 0 Å². The first-order chi connectivity index (χ1) is 10.2. The Hall–Kier alpha value is -2.15. The van der Waals surface area contributed by atoms with Crippen LogP contribution in [-0.4, -0.2) is 46.6 Å². The fourth-order valence-corrected chi connectivity index (χ4v) is 2.43. The molecule has 0 spiro atoms. The van der Waals surface area contributed by atoms with Crippen molar-refractivity contribution in [2.75, 3.05) is 19.6 Å². The summed E-state index contributed by atoms with van der Waals surface area (Å²) in [6, 6.07) is 2.00. The summed E-state index contributed by atoms with van der Waals surface area (Å²) < 4.78 is 10.1. The average Bonchev–Trinajstić information content (AvgIpc) is 3.16. The Bertz CT molecular complexity index is 593. The molecule has 0 aromatic carbocycles. The van der Waals surface area contributed by atoms with Gasteiger partial charge in [0.05, 0.1) is 11.8 Å². The summed E-state index contributed by atoms with van der Waals surface area (Å²) in [7, 11) is 0. The van der Waals surface area contributed by atoms with Gasteiger partial charge in [0.1, 0.15) is 6.26 Å². The van der Waals surface area contributed by atoms with Crippen LogP contribution < -0.4 is 5.32 Å². The van der Waals surface area contributed by atoms with Crippen LogP contribution in [0, 0.1) is 0 Å². The van der Waals surface area contributed by atoms with Crippen molar-refractivity contribution in [3.63, 3.8) is 0 Å². The van der Waals surface area contributed by atoms with Crippen molar-refractivity contribution in [1.82, 2.24) is 20.4 Å². The predicted molar refractivity (Wildman–Crippen MR) is 74.4 cm³/mol. The molecule has 1 amide bonds. The predicted octanol–water partition coefficient (Wildman–Crippen LogP) is 1.08. The molecule has 1 unspecified atom stereocenters. The van der Waals surface area contributed by atoms with E-state index < -0.39 is 0 Å². The van der Waals surface area contributed by atoms with Crippen LogP contribution >= 0.6 is 0 Å². The monoisotopic (exact) mass is 290 g/mol. The average molecular weight is 290 g/mol. The van der Waals surface area contributed by atoms with Crippen molar-refractivity contribution >= 4 is 5.91 Å². The second kappa shape index (κ2) is 6.09. The Morgan fingerprint density at radius 3 is 3.24 bits per heavy atom.